The molecule has 0 aliphatic carbocycles. The zero-order valence-electron chi connectivity index (χ0n) is 17.0. The molecule has 160 valence electrons. The Morgan fingerprint density at radius 2 is 1.68 bits per heavy atom. The zero-order chi connectivity index (χ0) is 18.5. The summed E-state index contributed by atoms with van der Waals surface area (Å²) in [6.07, 6.45) is 3.21. The molecule has 3 atom stereocenters. The molecular weight excluding hydrogens is 397 g/mol. The van der Waals surface area contributed by atoms with E-state index in [-0.39, 0.29) is 36.8 Å². The lowest BCUT2D eigenvalue weighted by molar-refractivity contribution is -0.133. The average Bonchev–Trinajstić information content (AvgIpc) is 2.62. The summed E-state index contributed by atoms with van der Waals surface area (Å²) in [4.78, 5) is 17.1. The van der Waals surface area contributed by atoms with Gasteiger partial charge < -0.3 is 15.4 Å². The number of nitrogens with zero attached hydrogens (tertiary/aromatic N) is 2. The van der Waals surface area contributed by atoms with E-state index in [4.69, 9.17) is 10.5 Å². The lowest BCUT2D eigenvalue weighted by Crippen LogP contribution is -2.48. The maximum Gasteiger partial charge on any atom is 0.224 e. The monoisotopic (exact) mass is 431 g/mol. The molecule has 0 saturated carbocycles. The Labute approximate surface area is 181 Å². The van der Waals surface area contributed by atoms with Crippen molar-refractivity contribution in [2.45, 2.75) is 51.4 Å². The molecule has 0 spiro atoms. The maximum atomic E-state index is 12.6. The van der Waals surface area contributed by atoms with Crippen LogP contribution in [-0.2, 0) is 9.53 Å². The fraction of sp³-hybridized carbons (Fsp3) is 0.667. The van der Waals surface area contributed by atoms with Gasteiger partial charge in [0.2, 0.25) is 5.91 Å². The molecule has 7 heteroatoms. The van der Waals surface area contributed by atoms with Crippen molar-refractivity contribution in [3.8, 4) is 0 Å². The van der Waals surface area contributed by atoms with Gasteiger partial charge in [0.25, 0.3) is 0 Å². The second kappa shape index (κ2) is 12.0. The molecule has 2 aliphatic heterocycles. The van der Waals surface area contributed by atoms with Crippen molar-refractivity contribution < 1.29 is 9.53 Å². The first-order valence-electron chi connectivity index (χ1n) is 9.97. The summed E-state index contributed by atoms with van der Waals surface area (Å²) in [6, 6.07) is 9.69. The van der Waals surface area contributed by atoms with E-state index in [1.54, 1.807) is 0 Å². The summed E-state index contributed by atoms with van der Waals surface area (Å²) < 4.78 is 5.82. The first-order valence-corrected chi connectivity index (χ1v) is 9.97. The van der Waals surface area contributed by atoms with Crippen molar-refractivity contribution in [1.29, 1.82) is 0 Å². The number of rotatable bonds is 5. The van der Waals surface area contributed by atoms with Gasteiger partial charge in [-0.3, -0.25) is 9.69 Å². The number of amides is 1. The van der Waals surface area contributed by atoms with Crippen molar-refractivity contribution in [3.63, 3.8) is 0 Å². The second-order valence-electron chi connectivity index (χ2n) is 8.02. The Kier molecular flexibility index (Phi) is 10.8. The molecule has 1 aromatic rings. The zero-order valence-corrected chi connectivity index (χ0v) is 18.6. The fourth-order valence-electron chi connectivity index (χ4n) is 4.30. The third-order valence-corrected chi connectivity index (χ3v) is 5.60. The summed E-state index contributed by atoms with van der Waals surface area (Å²) in [5.74, 6) is 0.868. The molecule has 1 amide bonds. The molecular formula is C21H35Cl2N3O2. The Bertz CT molecular complexity index is 572. The third kappa shape index (κ3) is 7.20. The number of hydrogen-bond acceptors (Lipinski definition) is 4. The molecule has 0 aromatic heterocycles. The molecule has 3 unspecified atom stereocenters. The smallest absolute Gasteiger partial charge is 0.224 e. The summed E-state index contributed by atoms with van der Waals surface area (Å²) in [6.45, 7) is 9.20. The van der Waals surface area contributed by atoms with Crippen molar-refractivity contribution in [2.75, 3.05) is 32.7 Å². The van der Waals surface area contributed by atoms with Crippen LogP contribution in [0.1, 0.15) is 44.7 Å². The highest BCUT2D eigenvalue weighted by Gasteiger charge is 2.28. The minimum Gasteiger partial charge on any atom is -0.373 e. The average molecular weight is 432 g/mol. The Hall–Kier alpha value is -0.850. The molecule has 5 nitrogen and oxygen atoms in total. The van der Waals surface area contributed by atoms with Crippen LogP contribution in [-0.4, -0.2) is 60.6 Å². The third-order valence-electron chi connectivity index (χ3n) is 5.60. The number of morpholine rings is 1. The van der Waals surface area contributed by atoms with Gasteiger partial charge in [-0.1, -0.05) is 30.3 Å². The number of hydrogen-bond donors (Lipinski definition) is 1. The number of carbonyl (C=O) groups is 1. The Morgan fingerprint density at radius 1 is 1.11 bits per heavy atom. The first kappa shape index (κ1) is 25.2. The number of nitrogens with two attached hydrogens (primary N) is 1. The quantitative estimate of drug-likeness (QED) is 0.776. The minimum absolute atomic E-state index is 0. The number of ether oxygens (including phenoxy) is 1. The molecule has 0 radical (unpaired) electrons. The van der Waals surface area contributed by atoms with Crippen LogP contribution < -0.4 is 5.73 Å². The van der Waals surface area contributed by atoms with Crippen molar-refractivity contribution in [2.24, 2.45) is 11.7 Å². The van der Waals surface area contributed by atoms with Gasteiger partial charge in [0, 0.05) is 45.2 Å². The van der Waals surface area contributed by atoms with Crippen molar-refractivity contribution in [3.05, 3.63) is 35.9 Å². The topological polar surface area (TPSA) is 58.8 Å². The van der Waals surface area contributed by atoms with Gasteiger partial charge in [-0.2, -0.15) is 0 Å². The minimum atomic E-state index is -0.210. The number of piperidine rings is 1. The van der Waals surface area contributed by atoms with E-state index in [0.29, 0.717) is 24.5 Å². The number of carbonyl (C=O) groups excluding carboxylic acids is 1. The summed E-state index contributed by atoms with van der Waals surface area (Å²) in [5, 5.41) is 0. The lowest BCUT2D eigenvalue weighted by Gasteiger charge is -2.39. The SMILES string of the molecule is CC1CN(CC2CCN(C(=O)CC(N)c3ccccc3)CC2)CC(C)O1.Cl.Cl. The van der Waals surface area contributed by atoms with Crippen molar-refractivity contribution in [1.82, 2.24) is 9.80 Å². The summed E-state index contributed by atoms with van der Waals surface area (Å²) in [7, 11) is 0. The van der Waals surface area contributed by atoms with Crippen LogP contribution in [0.4, 0.5) is 0 Å². The fourth-order valence-corrected chi connectivity index (χ4v) is 4.30. The standard InChI is InChI=1S/C21H33N3O2.2ClH/c1-16-13-23(14-17(2)26-16)15-18-8-10-24(11-9-18)21(25)12-20(22)19-6-4-3-5-7-19;;/h3-7,16-18,20H,8-15,22H2,1-2H3;2*1H. The molecule has 2 N–H and O–H groups in total. The van der Waals surface area contributed by atoms with Crippen LogP contribution in [0.25, 0.3) is 0 Å². The number of likely N-dealkylation sites (tertiary alicyclic amines) is 1. The van der Waals surface area contributed by atoms with Gasteiger partial charge in [0.15, 0.2) is 0 Å². The van der Waals surface area contributed by atoms with Gasteiger partial charge in [0.1, 0.15) is 0 Å². The first-order chi connectivity index (χ1) is 12.5. The highest BCUT2D eigenvalue weighted by Crippen LogP contribution is 2.23. The van der Waals surface area contributed by atoms with E-state index in [1.807, 2.05) is 35.2 Å². The largest absolute Gasteiger partial charge is 0.373 e. The predicted octanol–water partition coefficient (Wildman–Crippen LogP) is 3.27. The molecule has 2 saturated heterocycles. The summed E-state index contributed by atoms with van der Waals surface area (Å²) >= 11 is 0. The molecule has 28 heavy (non-hydrogen) atoms. The van der Waals surface area contributed by atoms with E-state index in [0.717, 1.165) is 51.1 Å². The van der Waals surface area contributed by atoms with Gasteiger partial charge in [-0.25, -0.2) is 0 Å². The van der Waals surface area contributed by atoms with E-state index in [2.05, 4.69) is 18.7 Å². The molecule has 0 bridgehead atoms. The van der Waals surface area contributed by atoms with E-state index >= 15 is 0 Å². The van der Waals surface area contributed by atoms with Gasteiger partial charge in [-0.15, -0.1) is 24.8 Å². The number of benzene rings is 1. The molecule has 2 fully saturated rings. The Morgan fingerprint density at radius 3 is 2.25 bits per heavy atom. The van der Waals surface area contributed by atoms with Crippen LogP contribution in [0, 0.1) is 5.92 Å². The Balaban J connectivity index is 0.00000196. The lowest BCUT2D eigenvalue weighted by atomic mass is 9.95. The van der Waals surface area contributed by atoms with E-state index in [1.165, 1.54) is 0 Å². The molecule has 1 aromatic carbocycles. The van der Waals surface area contributed by atoms with Crippen molar-refractivity contribution >= 4 is 30.7 Å². The van der Waals surface area contributed by atoms with E-state index in [9.17, 15) is 4.79 Å². The van der Waals surface area contributed by atoms with Crippen LogP contribution in [0.15, 0.2) is 30.3 Å². The van der Waals surface area contributed by atoms with Gasteiger partial charge in [-0.05, 0) is 38.2 Å². The van der Waals surface area contributed by atoms with Gasteiger partial charge >= 0.3 is 0 Å². The predicted molar refractivity (Wildman–Crippen MR) is 118 cm³/mol. The normalized spacial score (nSPS) is 24.8. The van der Waals surface area contributed by atoms with Gasteiger partial charge in [0.05, 0.1) is 12.2 Å². The van der Waals surface area contributed by atoms with Crippen LogP contribution in [0.2, 0.25) is 0 Å². The highest BCUT2D eigenvalue weighted by molar-refractivity contribution is 5.85. The van der Waals surface area contributed by atoms with Crippen LogP contribution in [0.3, 0.4) is 0 Å². The van der Waals surface area contributed by atoms with E-state index < -0.39 is 0 Å². The highest BCUT2D eigenvalue weighted by atomic mass is 35.5. The molecule has 2 heterocycles. The maximum absolute atomic E-state index is 12.6. The number of halogens is 2. The van der Waals surface area contributed by atoms with Crippen LogP contribution >= 0.6 is 24.8 Å². The second-order valence-corrected chi connectivity index (χ2v) is 8.02. The summed E-state index contributed by atoms with van der Waals surface area (Å²) in [5.41, 5.74) is 7.25. The molecule has 2 aliphatic rings. The molecule has 3 rings (SSSR count). The van der Waals surface area contributed by atoms with Crippen LogP contribution in [0.5, 0.6) is 0 Å².